The highest BCUT2D eigenvalue weighted by Crippen LogP contribution is 2.37. The molecule has 0 bridgehead atoms. The van der Waals surface area contributed by atoms with E-state index in [-0.39, 0.29) is 43.7 Å². The highest BCUT2D eigenvalue weighted by molar-refractivity contribution is 7.89. The van der Waals surface area contributed by atoms with Crippen LogP contribution in [0.2, 0.25) is 0 Å². The molecule has 5 rings (SSSR count). The topological polar surface area (TPSA) is 70.6 Å². The van der Waals surface area contributed by atoms with Crippen molar-refractivity contribution in [2.24, 2.45) is 0 Å². The number of nitrogens with zero attached hydrogens (tertiary/aromatic N) is 3. The van der Waals surface area contributed by atoms with Crippen molar-refractivity contribution in [1.82, 2.24) is 14.2 Å². The molecule has 1 aliphatic heterocycles. The Balaban J connectivity index is 1.45. The van der Waals surface area contributed by atoms with Crippen LogP contribution in [-0.4, -0.2) is 53.1 Å². The van der Waals surface area contributed by atoms with Crippen molar-refractivity contribution in [3.63, 3.8) is 0 Å². The van der Waals surface area contributed by atoms with Crippen LogP contribution in [0, 0.1) is 12.7 Å². The van der Waals surface area contributed by atoms with Gasteiger partial charge in [0.2, 0.25) is 21.9 Å². The highest BCUT2D eigenvalue weighted by atomic mass is 32.2. The van der Waals surface area contributed by atoms with Gasteiger partial charge in [0.15, 0.2) is 0 Å². The van der Waals surface area contributed by atoms with Gasteiger partial charge in [-0.1, -0.05) is 12.1 Å². The standard InChI is InChI=1S/C26H28F3N3O3S2/c1-17-4-6-20(14-21(17)27)37(34,35)32-12-2-3-23(32)25(33)31(19-8-10-26(28,29)11-9-19)15-18-5-7-24-22(13-18)30-16-36-24/h4-7,13-14,16,19,23H,2-3,8-12,15H2,1H3/t23-/m0/s1. The summed E-state index contributed by atoms with van der Waals surface area (Å²) in [4.78, 5) is 19.7. The molecule has 2 fully saturated rings. The zero-order valence-corrected chi connectivity index (χ0v) is 22.0. The number of sulfonamides is 1. The van der Waals surface area contributed by atoms with Crippen molar-refractivity contribution in [3.05, 3.63) is 58.9 Å². The van der Waals surface area contributed by atoms with Crippen molar-refractivity contribution < 1.29 is 26.4 Å². The Morgan fingerprint density at radius 3 is 2.65 bits per heavy atom. The molecule has 0 radical (unpaired) electrons. The van der Waals surface area contributed by atoms with Crippen LogP contribution in [0.1, 0.15) is 49.7 Å². The summed E-state index contributed by atoms with van der Waals surface area (Å²) in [6.45, 7) is 1.85. The first-order valence-electron chi connectivity index (χ1n) is 12.3. The minimum atomic E-state index is -4.13. The van der Waals surface area contributed by atoms with Crippen molar-refractivity contribution in [1.29, 1.82) is 0 Å². The first kappa shape index (κ1) is 26.1. The molecule has 1 amide bonds. The van der Waals surface area contributed by atoms with Gasteiger partial charge in [0.05, 0.1) is 20.6 Å². The molecule has 2 heterocycles. The number of rotatable bonds is 6. The summed E-state index contributed by atoms with van der Waals surface area (Å²) >= 11 is 1.50. The van der Waals surface area contributed by atoms with Crippen LogP contribution < -0.4 is 0 Å². The van der Waals surface area contributed by atoms with Gasteiger partial charge in [-0.25, -0.2) is 26.6 Å². The van der Waals surface area contributed by atoms with E-state index < -0.39 is 39.8 Å². The maximum atomic E-state index is 14.2. The van der Waals surface area contributed by atoms with E-state index in [9.17, 15) is 26.4 Å². The van der Waals surface area contributed by atoms with Gasteiger partial charge in [-0.05, 0) is 68.0 Å². The normalized spacial score (nSPS) is 20.9. The predicted molar refractivity (Wildman–Crippen MR) is 135 cm³/mol. The van der Waals surface area contributed by atoms with E-state index in [1.807, 2.05) is 18.2 Å². The third-order valence-electron chi connectivity index (χ3n) is 7.40. The molecule has 1 aromatic heterocycles. The number of carbonyl (C=O) groups excluding carboxylic acids is 1. The number of carbonyl (C=O) groups is 1. The summed E-state index contributed by atoms with van der Waals surface area (Å²) in [5, 5.41) is 0. The molecule has 2 aliphatic rings. The van der Waals surface area contributed by atoms with Gasteiger partial charge in [-0.3, -0.25) is 4.79 Å². The Hall–Kier alpha value is -2.50. The van der Waals surface area contributed by atoms with Gasteiger partial charge in [0.25, 0.3) is 0 Å². The minimum Gasteiger partial charge on any atom is -0.334 e. The molecular weight excluding hydrogens is 523 g/mol. The number of hydrogen-bond acceptors (Lipinski definition) is 5. The lowest BCUT2D eigenvalue weighted by Crippen LogP contribution is -2.52. The van der Waals surface area contributed by atoms with Crippen molar-refractivity contribution in [3.8, 4) is 0 Å². The number of aromatic nitrogens is 1. The number of benzene rings is 2. The third kappa shape index (κ3) is 5.26. The van der Waals surface area contributed by atoms with Crippen LogP contribution in [0.3, 0.4) is 0 Å². The maximum absolute atomic E-state index is 14.2. The van der Waals surface area contributed by atoms with E-state index >= 15 is 0 Å². The molecule has 37 heavy (non-hydrogen) atoms. The molecule has 1 aliphatic carbocycles. The molecule has 0 spiro atoms. The second-order valence-corrected chi connectivity index (χ2v) is 12.7. The number of hydrogen-bond donors (Lipinski definition) is 0. The first-order valence-corrected chi connectivity index (χ1v) is 14.7. The van der Waals surface area contributed by atoms with Crippen LogP contribution in [0.25, 0.3) is 10.2 Å². The fourth-order valence-electron chi connectivity index (χ4n) is 5.26. The van der Waals surface area contributed by atoms with E-state index in [2.05, 4.69) is 4.98 Å². The maximum Gasteiger partial charge on any atom is 0.248 e. The number of thiazole rings is 1. The Labute approximate surface area is 218 Å². The lowest BCUT2D eigenvalue weighted by Gasteiger charge is -2.39. The summed E-state index contributed by atoms with van der Waals surface area (Å²) < 4.78 is 71.1. The quantitative estimate of drug-likeness (QED) is 0.406. The number of amides is 1. The van der Waals surface area contributed by atoms with E-state index in [4.69, 9.17) is 0 Å². The predicted octanol–water partition coefficient (Wildman–Crippen LogP) is 5.50. The summed E-state index contributed by atoms with van der Waals surface area (Å²) in [7, 11) is -4.13. The fourth-order valence-corrected chi connectivity index (χ4v) is 7.58. The summed E-state index contributed by atoms with van der Waals surface area (Å²) in [6.07, 6.45) is 0.437. The molecule has 198 valence electrons. The second-order valence-electron chi connectivity index (χ2n) is 9.89. The Morgan fingerprint density at radius 2 is 1.92 bits per heavy atom. The lowest BCUT2D eigenvalue weighted by molar-refractivity contribution is -0.141. The van der Waals surface area contributed by atoms with Gasteiger partial charge in [0.1, 0.15) is 11.9 Å². The minimum absolute atomic E-state index is 0.135. The zero-order chi connectivity index (χ0) is 26.4. The Kier molecular flexibility index (Phi) is 7.06. The summed E-state index contributed by atoms with van der Waals surface area (Å²) in [5.41, 5.74) is 3.65. The molecule has 0 unspecified atom stereocenters. The van der Waals surface area contributed by atoms with Crippen LogP contribution in [-0.2, 0) is 21.4 Å². The number of halogens is 3. The molecule has 1 atom stereocenters. The van der Waals surface area contributed by atoms with Crippen molar-refractivity contribution >= 4 is 37.5 Å². The molecule has 3 aromatic rings. The largest absolute Gasteiger partial charge is 0.334 e. The Bertz CT molecular complexity index is 1420. The summed E-state index contributed by atoms with van der Waals surface area (Å²) in [6, 6.07) is 8.00. The fraction of sp³-hybridized carbons (Fsp3) is 0.462. The average molecular weight is 552 g/mol. The third-order valence-corrected chi connectivity index (χ3v) is 10.1. The van der Waals surface area contributed by atoms with Crippen LogP contribution in [0.5, 0.6) is 0 Å². The molecule has 0 N–H and O–H groups in total. The van der Waals surface area contributed by atoms with Crippen LogP contribution >= 0.6 is 11.3 Å². The molecule has 11 heteroatoms. The summed E-state index contributed by atoms with van der Waals surface area (Å²) in [5.74, 6) is -3.80. The average Bonchev–Trinajstić information content (AvgIpc) is 3.54. The molecule has 1 saturated carbocycles. The van der Waals surface area contributed by atoms with Crippen LogP contribution in [0.15, 0.2) is 46.8 Å². The van der Waals surface area contributed by atoms with Gasteiger partial charge in [-0.15, -0.1) is 11.3 Å². The molecule has 6 nitrogen and oxygen atoms in total. The highest BCUT2D eigenvalue weighted by Gasteiger charge is 2.44. The van der Waals surface area contributed by atoms with E-state index in [0.717, 1.165) is 26.2 Å². The second kappa shape index (κ2) is 9.99. The molecular formula is C26H28F3N3O3S2. The Morgan fingerprint density at radius 1 is 1.16 bits per heavy atom. The van der Waals surface area contributed by atoms with Crippen molar-refractivity contribution in [2.75, 3.05) is 6.54 Å². The van der Waals surface area contributed by atoms with Crippen molar-refractivity contribution in [2.45, 2.75) is 74.9 Å². The monoisotopic (exact) mass is 551 g/mol. The zero-order valence-electron chi connectivity index (χ0n) is 20.4. The number of fused-ring (bicyclic) bond motifs is 1. The van der Waals surface area contributed by atoms with Gasteiger partial charge < -0.3 is 4.90 Å². The van der Waals surface area contributed by atoms with E-state index in [1.54, 1.807) is 17.3 Å². The number of aryl methyl sites for hydroxylation is 1. The lowest BCUT2D eigenvalue weighted by atomic mass is 9.90. The van der Waals surface area contributed by atoms with Gasteiger partial charge in [0, 0.05) is 32.0 Å². The molecule has 1 saturated heterocycles. The SMILES string of the molecule is Cc1ccc(S(=O)(=O)N2CCC[C@H]2C(=O)N(Cc2ccc3scnc3c2)C2CCC(F)(F)CC2)cc1F. The van der Waals surface area contributed by atoms with Gasteiger partial charge >= 0.3 is 0 Å². The first-order chi connectivity index (χ1) is 17.5. The smallest absolute Gasteiger partial charge is 0.248 e. The number of alkyl halides is 2. The van der Waals surface area contributed by atoms with Gasteiger partial charge in [-0.2, -0.15) is 4.31 Å². The molecule has 2 aromatic carbocycles. The van der Waals surface area contributed by atoms with Crippen LogP contribution in [0.4, 0.5) is 13.2 Å². The van der Waals surface area contributed by atoms with E-state index in [0.29, 0.717) is 18.4 Å². The van der Waals surface area contributed by atoms with E-state index in [1.165, 1.54) is 23.5 Å².